The standard InChI is InChI=1S/C15H13FN2O3/c1-9-3-6-14(18(20)21)13(7-9)17-15(19)12-5-4-11(16)8-10(12)2/h3-8H,1-2H3,(H,17,19). The van der Waals surface area contributed by atoms with Crippen molar-refractivity contribution in [2.45, 2.75) is 13.8 Å². The fraction of sp³-hybridized carbons (Fsp3) is 0.133. The number of carbonyl (C=O) groups excluding carboxylic acids is 1. The third-order valence-corrected chi connectivity index (χ3v) is 3.03. The van der Waals surface area contributed by atoms with Crippen LogP contribution in [0.15, 0.2) is 36.4 Å². The monoisotopic (exact) mass is 288 g/mol. The summed E-state index contributed by atoms with van der Waals surface area (Å²) in [5, 5.41) is 13.5. The van der Waals surface area contributed by atoms with Crippen LogP contribution in [0.5, 0.6) is 0 Å². The number of amides is 1. The number of nitrogens with zero attached hydrogens (tertiary/aromatic N) is 1. The lowest BCUT2D eigenvalue weighted by molar-refractivity contribution is -0.383. The Balaban J connectivity index is 2.35. The summed E-state index contributed by atoms with van der Waals surface area (Å²) < 4.78 is 13.0. The fourth-order valence-electron chi connectivity index (χ4n) is 1.98. The second-order valence-corrected chi connectivity index (χ2v) is 4.69. The van der Waals surface area contributed by atoms with Crippen LogP contribution in [-0.2, 0) is 0 Å². The number of nitro benzene ring substituents is 1. The number of hydrogen-bond acceptors (Lipinski definition) is 3. The molecule has 0 aromatic heterocycles. The van der Waals surface area contributed by atoms with Gasteiger partial charge in [-0.3, -0.25) is 14.9 Å². The number of carbonyl (C=O) groups is 1. The van der Waals surface area contributed by atoms with Crippen LogP contribution >= 0.6 is 0 Å². The van der Waals surface area contributed by atoms with Gasteiger partial charge in [0.15, 0.2) is 0 Å². The highest BCUT2D eigenvalue weighted by atomic mass is 19.1. The molecule has 0 spiro atoms. The van der Waals surface area contributed by atoms with Gasteiger partial charge in [0, 0.05) is 11.6 Å². The van der Waals surface area contributed by atoms with E-state index in [1.54, 1.807) is 19.9 Å². The molecule has 5 nitrogen and oxygen atoms in total. The van der Waals surface area contributed by atoms with Crippen molar-refractivity contribution in [3.8, 4) is 0 Å². The van der Waals surface area contributed by atoms with Crippen LogP contribution in [0.2, 0.25) is 0 Å². The second-order valence-electron chi connectivity index (χ2n) is 4.69. The molecule has 2 aromatic carbocycles. The van der Waals surface area contributed by atoms with Crippen molar-refractivity contribution in [3.63, 3.8) is 0 Å². The summed E-state index contributed by atoms with van der Waals surface area (Å²) in [6, 6.07) is 8.21. The zero-order chi connectivity index (χ0) is 15.6. The Morgan fingerprint density at radius 3 is 2.52 bits per heavy atom. The maximum atomic E-state index is 13.0. The van der Waals surface area contributed by atoms with Crippen LogP contribution in [0, 0.1) is 29.8 Å². The second kappa shape index (κ2) is 5.70. The van der Waals surface area contributed by atoms with Gasteiger partial charge in [-0.15, -0.1) is 0 Å². The molecule has 0 unspecified atom stereocenters. The van der Waals surface area contributed by atoms with E-state index in [0.29, 0.717) is 5.56 Å². The van der Waals surface area contributed by atoms with Crippen LogP contribution in [0.4, 0.5) is 15.8 Å². The topological polar surface area (TPSA) is 72.2 Å². The van der Waals surface area contributed by atoms with Gasteiger partial charge in [0.05, 0.1) is 4.92 Å². The van der Waals surface area contributed by atoms with Gasteiger partial charge < -0.3 is 5.32 Å². The van der Waals surface area contributed by atoms with E-state index in [0.717, 1.165) is 5.56 Å². The molecule has 2 aromatic rings. The van der Waals surface area contributed by atoms with Gasteiger partial charge in [-0.05, 0) is 49.2 Å². The van der Waals surface area contributed by atoms with E-state index >= 15 is 0 Å². The molecule has 0 heterocycles. The third-order valence-electron chi connectivity index (χ3n) is 3.03. The minimum Gasteiger partial charge on any atom is -0.316 e. The summed E-state index contributed by atoms with van der Waals surface area (Å²) in [5.41, 5.74) is 1.45. The van der Waals surface area contributed by atoms with Gasteiger partial charge in [0.1, 0.15) is 11.5 Å². The van der Waals surface area contributed by atoms with Gasteiger partial charge >= 0.3 is 0 Å². The number of hydrogen-bond donors (Lipinski definition) is 1. The molecule has 0 aliphatic heterocycles. The van der Waals surface area contributed by atoms with Crippen molar-refractivity contribution in [1.82, 2.24) is 0 Å². The van der Waals surface area contributed by atoms with Crippen LogP contribution in [0.1, 0.15) is 21.5 Å². The summed E-state index contributed by atoms with van der Waals surface area (Å²) >= 11 is 0. The first-order valence-electron chi connectivity index (χ1n) is 6.21. The van der Waals surface area contributed by atoms with E-state index in [9.17, 15) is 19.3 Å². The molecule has 0 atom stereocenters. The number of halogens is 1. The average molecular weight is 288 g/mol. The molecule has 0 radical (unpaired) electrons. The maximum absolute atomic E-state index is 13.0. The van der Waals surface area contributed by atoms with Crippen molar-refractivity contribution < 1.29 is 14.1 Å². The first kappa shape index (κ1) is 14.6. The third kappa shape index (κ3) is 3.22. The van der Waals surface area contributed by atoms with E-state index in [1.165, 1.54) is 30.3 Å². The van der Waals surface area contributed by atoms with Gasteiger partial charge in [-0.1, -0.05) is 6.07 Å². The normalized spacial score (nSPS) is 10.2. The smallest absolute Gasteiger partial charge is 0.292 e. The quantitative estimate of drug-likeness (QED) is 0.692. The lowest BCUT2D eigenvalue weighted by Crippen LogP contribution is -2.14. The molecule has 1 N–H and O–H groups in total. The molecule has 1 amide bonds. The molecule has 0 saturated heterocycles. The number of nitro groups is 1. The lowest BCUT2D eigenvalue weighted by atomic mass is 10.1. The molecule has 0 fully saturated rings. The number of benzene rings is 2. The van der Waals surface area contributed by atoms with Crippen LogP contribution in [-0.4, -0.2) is 10.8 Å². The number of nitrogens with one attached hydrogen (secondary N) is 1. The van der Waals surface area contributed by atoms with Crippen LogP contribution in [0.25, 0.3) is 0 Å². The Labute approximate surface area is 120 Å². The van der Waals surface area contributed by atoms with Crippen LogP contribution < -0.4 is 5.32 Å². The highest BCUT2D eigenvalue weighted by molar-refractivity contribution is 6.06. The Morgan fingerprint density at radius 1 is 1.19 bits per heavy atom. The van der Waals surface area contributed by atoms with Crippen molar-refractivity contribution in [2.75, 3.05) is 5.32 Å². The highest BCUT2D eigenvalue weighted by Gasteiger charge is 2.17. The number of rotatable bonds is 3. The van der Waals surface area contributed by atoms with Crippen molar-refractivity contribution in [3.05, 3.63) is 69.0 Å². The van der Waals surface area contributed by atoms with Crippen molar-refractivity contribution >= 4 is 17.3 Å². The molecule has 6 heteroatoms. The average Bonchev–Trinajstić information content (AvgIpc) is 2.37. The van der Waals surface area contributed by atoms with Crippen molar-refractivity contribution in [2.24, 2.45) is 0 Å². The maximum Gasteiger partial charge on any atom is 0.292 e. The van der Waals surface area contributed by atoms with Gasteiger partial charge in [0.25, 0.3) is 11.6 Å². The molecule has 21 heavy (non-hydrogen) atoms. The first-order chi connectivity index (χ1) is 9.88. The Kier molecular flexibility index (Phi) is 3.98. The predicted molar refractivity (Wildman–Crippen MR) is 76.9 cm³/mol. The summed E-state index contributed by atoms with van der Waals surface area (Å²) in [5.74, 6) is -0.952. The summed E-state index contributed by atoms with van der Waals surface area (Å²) in [7, 11) is 0. The Morgan fingerprint density at radius 2 is 1.90 bits per heavy atom. The summed E-state index contributed by atoms with van der Waals surface area (Å²) in [6.07, 6.45) is 0. The SMILES string of the molecule is Cc1ccc([N+](=O)[O-])c(NC(=O)c2ccc(F)cc2C)c1. The Hall–Kier alpha value is -2.76. The molecule has 108 valence electrons. The Bertz CT molecular complexity index is 729. The van der Waals surface area contributed by atoms with E-state index in [2.05, 4.69) is 5.32 Å². The molecular weight excluding hydrogens is 275 g/mol. The lowest BCUT2D eigenvalue weighted by Gasteiger charge is -2.09. The molecule has 2 rings (SSSR count). The number of anilines is 1. The summed E-state index contributed by atoms with van der Waals surface area (Å²) in [4.78, 5) is 22.6. The molecule has 0 aliphatic rings. The summed E-state index contributed by atoms with van der Waals surface area (Å²) in [6.45, 7) is 3.37. The predicted octanol–water partition coefficient (Wildman–Crippen LogP) is 3.60. The molecule has 0 bridgehead atoms. The minimum absolute atomic E-state index is 0.119. The molecular formula is C15H13FN2O3. The first-order valence-corrected chi connectivity index (χ1v) is 6.21. The van der Waals surface area contributed by atoms with Gasteiger partial charge in [-0.2, -0.15) is 0 Å². The van der Waals surface area contributed by atoms with Gasteiger partial charge in [0.2, 0.25) is 0 Å². The van der Waals surface area contributed by atoms with E-state index in [1.807, 2.05) is 0 Å². The highest BCUT2D eigenvalue weighted by Crippen LogP contribution is 2.26. The zero-order valence-electron chi connectivity index (χ0n) is 11.5. The van der Waals surface area contributed by atoms with E-state index in [4.69, 9.17) is 0 Å². The van der Waals surface area contributed by atoms with Crippen LogP contribution in [0.3, 0.4) is 0 Å². The van der Waals surface area contributed by atoms with Gasteiger partial charge in [-0.25, -0.2) is 4.39 Å². The fourth-order valence-corrected chi connectivity index (χ4v) is 1.98. The minimum atomic E-state index is -0.563. The largest absolute Gasteiger partial charge is 0.316 e. The van der Waals surface area contributed by atoms with E-state index < -0.39 is 16.6 Å². The number of aryl methyl sites for hydroxylation is 2. The van der Waals surface area contributed by atoms with E-state index in [-0.39, 0.29) is 16.9 Å². The van der Waals surface area contributed by atoms with Crippen molar-refractivity contribution in [1.29, 1.82) is 0 Å². The zero-order valence-corrected chi connectivity index (χ0v) is 11.5. The molecule has 0 aliphatic carbocycles. The molecule has 0 saturated carbocycles.